The molecule has 98 valence electrons. The number of hydrogen-bond donors (Lipinski definition) is 1. The van der Waals surface area contributed by atoms with Crippen molar-refractivity contribution in [3.63, 3.8) is 0 Å². The van der Waals surface area contributed by atoms with E-state index in [0.29, 0.717) is 18.9 Å². The van der Waals surface area contributed by atoms with Crippen LogP contribution in [0.5, 0.6) is 0 Å². The van der Waals surface area contributed by atoms with Crippen molar-refractivity contribution in [2.24, 2.45) is 5.92 Å². The molecule has 2 nitrogen and oxygen atoms in total. The van der Waals surface area contributed by atoms with Crippen molar-refractivity contribution < 1.29 is 9.84 Å². The zero-order chi connectivity index (χ0) is 13.4. The molecule has 0 aliphatic carbocycles. The molecule has 0 fully saturated rings. The molecule has 1 aromatic rings. The molecule has 0 unspecified atom stereocenters. The first-order valence-electron chi connectivity index (χ1n) is 6.41. The summed E-state index contributed by atoms with van der Waals surface area (Å²) in [6.07, 6.45) is 5.98. The van der Waals surface area contributed by atoms with Crippen molar-refractivity contribution in [2.45, 2.75) is 45.5 Å². The minimum absolute atomic E-state index is 0.320. The van der Waals surface area contributed by atoms with Crippen LogP contribution in [0, 0.1) is 18.3 Å². The van der Waals surface area contributed by atoms with Crippen LogP contribution in [0.4, 0.5) is 0 Å². The van der Waals surface area contributed by atoms with Crippen molar-refractivity contribution in [2.75, 3.05) is 0 Å². The summed E-state index contributed by atoms with van der Waals surface area (Å²) in [5.74, 6) is 3.06. The normalized spacial score (nSPS) is 14.2. The zero-order valence-corrected chi connectivity index (χ0v) is 11.2. The third-order valence-electron chi connectivity index (χ3n) is 2.71. The fourth-order valence-electron chi connectivity index (χ4n) is 1.84. The van der Waals surface area contributed by atoms with Crippen LogP contribution in [0.1, 0.15) is 32.3 Å². The van der Waals surface area contributed by atoms with Gasteiger partial charge in [-0.1, -0.05) is 50.1 Å². The van der Waals surface area contributed by atoms with Crippen LogP contribution in [0.15, 0.2) is 30.3 Å². The van der Waals surface area contributed by atoms with E-state index < -0.39 is 0 Å². The molecule has 18 heavy (non-hydrogen) atoms. The second-order valence-electron chi connectivity index (χ2n) is 4.97. The predicted molar refractivity (Wildman–Crippen MR) is 73.9 cm³/mol. The Morgan fingerprint density at radius 1 is 1.22 bits per heavy atom. The summed E-state index contributed by atoms with van der Waals surface area (Å²) >= 11 is 0. The first-order chi connectivity index (χ1) is 8.61. The molecule has 0 bridgehead atoms. The molecule has 0 saturated carbocycles. The first-order valence-corrected chi connectivity index (χ1v) is 6.41. The predicted octanol–water partition coefficient (Wildman–Crippen LogP) is 3.00. The Balaban J connectivity index is 2.36. The number of aliphatic hydroxyl groups excluding tert-OH is 1. The van der Waals surface area contributed by atoms with E-state index in [-0.39, 0.29) is 12.2 Å². The number of ether oxygens (including phenoxy) is 1. The molecule has 2 heteroatoms. The second kappa shape index (κ2) is 7.92. The van der Waals surface area contributed by atoms with E-state index in [1.54, 1.807) is 0 Å². The Kier molecular flexibility index (Phi) is 6.49. The first kappa shape index (κ1) is 14.8. The highest BCUT2D eigenvalue weighted by Crippen LogP contribution is 2.13. The van der Waals surface area contributed by atoms with E-state index >= 15 is 0 Å². The second-order valence-corrected chi connectivity index (χ2v) is 4.97. The topological polar surface area (TPSA) is 29.5 Å². The van der Waals surface area contributed by atoms with E-state index in [1.165, 1.54) is 0 Å². The summed E-state index contributed by atoms with van der Waals surface area (Å²) in [5.41, 5.74) is 1.09. The summed E-state index contributed by atoms with van der Waals surface area (Å²) in [6, 6.07) is 9.90. The van der Waals surface area contributed by atoms with Crippen LogP contribution in [-0.4, -0.2) is 17.3 Å². The fraction of sp³-hybridized carbons (Fsp3) is 0.500. The molecular formula is C16H22O2. The molecule has 1 N–H and O–H groups in total. The number of benzene rings is 1. The van der Waals surface area contributed by atoms with Crippen molar-refractivity contribution in [1.82, 2.24) is 0 Å². The minimum atomic E-state index is -0.387. The van der Waals surface area contributed by atoms with Crippen LogP contribution in [0.25, 0.3) is 0 Å². The quantitative estimate of drug-likeness (QED) is 0.749. The molecule has 2 atom stereocenters. The van der Waals surface area contributed by atoms with Gasteiger partial charge >= 0.3 is 0 Å². The summed E-state index contributed by atoms with van der Waals surface area (Å²) < 4.78 is 5.63. The van der Waals surface area contributed by atoms with Gasteiger partial charge in [0.1, 0.15) is 6.10 Å². The number of terminal acetylenes is 1. The van der Waals surface area contributed by atoms with Gasteiger partial charge < -0.3 is 9.84 Å². The highest BCUT2D eigenvalue weighted by molar-refractivity contribution is 5.13. The lowest BCUT2D eigenvalue weighted by atomic mass is 10.0. The zero-order valence-electron chi connectivity index (χ0n) is 11.2. The van der Waals surface area contributed by atoms with E-state index in [0.717, 1.165) is 12.0 Å². The van der Waals surface area contributed by atoms with E-state index in [4.69, 9.17) is 11.2 Å². The molecule has 0 aliphatic rings. The molecule has 0 aliphatic heterocycles. The Hall–Kier alpha value is -1.30. The fourth-order valence-corrected chi connectivity index (χ4v) is 1.84. The van der Waals surface area contributed by atoms with Crippen LogP contribution < -0.4 is 0 Å². The highest BCUT2D eigenvalue weighted by atomic mass is 16.5. The van der Waals surface area contributed by atoms with Crippen LogP contribution in [0.2, 0.25) is 0 Å². The van der Waals surface area contributed by atoms with Crippen molar-refractivity contribution in [3.05, 3.63) is 35.9 Å². The maximum Gasteiger partial charge on any atom is 0.120 e. The van der Waals surface area contributed by atoms with Gasteiger partial charge in [-0.2, -0.15) is 0 Å². The van der Waals surface area contributed by atoms with Gasteiger partial charge in [-0.15, -0.1) is 6.42 Å². The molecule has 0 amide bonds. The Labute approximate surface area is 110 Å². The molecule has 0 radical (unpaired) electrons. The van der Waals surface area contributed by atoms with Crippen molar-refractivity contribution >= 4 is 0 Å². The van der Waals surface area contributed by atoms with E-state index in [2.05, 4.69) is 19.8 Å². The van der Waals surface area contributed by atoms with Gasteiger partial charge in [0.25, 0.3) is 0 Å². The lowest BCUT2D eigenvalue weighted by molar-refractivity contribution is 0.0302. The molecule has 0 heterocycles. The monoisotopic (exact) mass is 246 g/mol. The average molecular weight is 246 g/mol. The van der Waals surface area contributed by atoms with Crippen molar-refractivity contribution in [3.8, 4) is 12.3 Å². The maximum absolute atomic E-state index is 9.84. The van der Waals surface area contributed by atoms with Gasteiger partial charge in [-0.3, -0.25) is 0 Å². The van der Waals surface area contributed by atoms with Gasteiger partial charge in [-0.05, 0) is 17.9 Å². The largest absolute Gasteiger partial charge is 0.393 e. The van der Waals surface area contributed by atoms with Gasteiger partial charge in [-0.25, -0.2) is 0 Å². The number of aliphatic hydroxyl groups is 1. The minimum Gasteiger partial charge on any atom is -0.393 e. The Morgan fingerprint density at radius 3 is 2.44 bits per heavy atom. The average Bonchev–Trinajstić information content (AvgIpc) is 2.34. The summed E-state index contributed by atoms with van der Waals surface area (Å²) in [7, 11) is 0. The van der Waals surface area contributed by atoms with Gasteiger partial charge in [0.2, 0.25) is 0 Å². The standard InChI is InChI=1S/C16H22O2/c1-4-16(11-15(17)10-13(2)3)18-12-14-8-6-5-7-9-14/h1,5-9,13,15-17H,10-12H2,2-3H3/t15-,16+/m1/s1. The number of hydrogen-bond acceptors (Lipinski definition) is 2. The lowest BCUT2D eigenvalue weighted by Crippen LogP contribution is -2.20. The van der Waals surface area contributed by atoms with Gasteiger partial charge in [0.15, 0.2) is 0 Å². The third-order valence-corrected chi connectivity index (χ3v) is 2.71. The summed E-state index contributed by atoms with van der Waals surface area (Å²) in [4.78, 5) is 0. The number of rotatable bonds is 7. The summed E-state index contributed by atoms with van der Waals surface area (Å²) in [6.45, 7) is 4.65. The van der Waals surface area contributed by atoms with E-state index in [1.807, 2.05) is 30.3 Å². The van der Waals surface area contributed by atoms with Crippen molar-refractivity contribution in [1.29, 1.82) is 0 Å². The van der Waals surface area contributed by atoms with Gasteiger partial charge in [0, 0.05) is 6.42 Å². The van der Waals surface area contributed by atoms with Gasteiger partial charge in [0.05, 0.1) is 12.7 Å². The molecule has 0 spiro atoms. The molecule has 1 aromatic carbocycles. The molecule has 1 rings (SSSR count). The smallest absolute Gasteiger partial charge is 0.120 e. The van der Waals surface area contributed by atoms with Crippen LogP contribution >= 0.6 is 0 Å². The van der Waals surface area contributed by atoms with Crippen LogP contribution in [-0.2, 0) is 11.3 Å². The molecule has 0 saturated heterocycles. The van der Waals surface area contributed by atoms with Crippen LogP contribution in [0.3, 0.4) is 0 Å². The third kappa shape index (κ3) is 5.86. The van der Waals surface area contributed by atoms with E-state index in [9.17, 15) is 5.11 Å². The maximum atomic E-state index is 9.84. The SMILES string of the molecule is C#C[C@@H](C[C@H](O)CC(C)C)OCc1ccccc1. The Bertz CT molecular complexity index is 364. The molecular weight excluding hydrogens is 224 g/mol. The highest BCUT2D eigenvalue weighted by Gasteiger charge is 2.14. The molecule has 0 aromatic heterocycles. The summed E-state index contributed by atoms with van der Waals surface area (Å²) in [5, 5.41) is 9.84. The Morgan fingerprint density at radius 2 is 1.89 bits per heavy atom. The lowest BCUT2D eigenvalue weighted by Gasteiger charge is -2.18.